The molecule has 0 spiro atoms. The molecule has 0 amide bonds. The second-order valence-electron chi connectivity index (χ2n) is 5.24. The van der Waals surface area contributed by atoms with Crippen LogP contribution in [0.2, 0.25) is 0 Å². The summed E-state index contributed by atoms with van der Waals surface area (Å²) in [6.07, 6.45) is 8.31. The van der Waals surface area contributed by atoms with Crippen molar-refractivity contribution in [3.05, 3.63) is 11.8 Å². The van der Waals surface area contributed by atoms with Gasteiger partial charge in [0.05, 0.1) is 18.5 Å². The van der Waals surface area contributed by atoms with Gasteiger partial charge in [-0.1, -0.05) is 6.42 Å². The van der Waals surface area contributed by atoms with E-state index in [0.29, 0.717) is 6.04 Å². The van der Waals surface area contributed by atoms with Gasteiger partial charge in [-0.05, 0) is 51.1 Å². The first-order valence-electron chi connectivity index (χ1n) is 6.45. The molecule has 0 saturated carbocycles. The molecule has 0 aromatic carbocycles. The summed E-state index contributed by atoms with van der Waals surface area (Å²) < 4.78 is 5.32. The van der Waals surface area contributed by atoms with Crippen LogP contribution in [0.1, 0.15) is 45.4 Å². The summed E-state index contributed by atoms with van der Waals surface area (Å²) in [5.74, 6) is 0. The molecule has 0 aromatic rings. The minimum Gasteiger partial charge on any atom is -0.501 e. The van der Waals surface area contributed by atoms with Crippen LogP contribution in [0, 0.1) is 0 Å². The van der Waals surface area contributed by atoms with Crippen molar-refractivity contribution in [3.8, 4) is 0 Å². The number of ether oxygens (including phenoxy) is 1. The van der Waals surface area contributed by atoms with Crippen LogP contribution in [0.15, 0.2) is 11.8 Å². The van der Waals surface area contributed by atoms with Crippen LogP contribution < -0.4 is 5.32 Å². The Morgan fingerprint density at radius 2 is 2.38 bits per heavy atom. The Morgan fingerprint density at radius 1 is 1.50 bits per heavy atom. The predicted octanol–water partition coefficient (Wildman–Crippen LogP) is 1.96. The standard InChI is InChI=1S/C13H23NO2/c1-13(15,11-5-4-8-16-10-11)9-12-6-2-3-7-14-12/h10,12,14-15H,2-9H2,1H3. The van der Waals surface area contributed by atoms with Crippen molar-refractivity contribution in [3.63, 3.8) is 0 Å². The molecule has 0 bridgehead atoms. The average Bonchev–Trinajstić information content (AvgIpc) is 2.31. The number of piperidine rings is 1. The molecule has 16 heavy (non-hydrogen) atoms. The van der Waals surface area contributed by atoms with Gasteiger partial charge in [-0.25, -0.2) is 0 Å². The van der Waals surface area contributed by atoms with Crippen LogP contribution >= 0.6 is 0 Å². The second kappa shape index (κ2) is 5.19. The molecule has 3 nitrogen and oxygen atoms in total. The van der Waals surface area contributed by atoms with E-state index in [0.717, 1.165) is 38.0 Å². The summed E-state index contributed by atoms with van der Waals surface area (Å²) in [7, 11) is 0. The van der Waals surface area contributed by atoms with Gasteiger partial charge in [0.15, 0.2) is 0 Å². The maximum Gasteiger partial charge on any atom is 0.0876 e. The predicted molar refractivity (Wildman–Crippen MR) is 64.2 cm³/mol. The number of hydrogen-bond acceptors (Lipinski definition) is 3. The van der Waals surface area contributed by atoms with Crippen molar-refractivity contribution >= 4 is 0 Å². The molecule has 0 radical (unpaired) electrons. The van der Waals surface area contributed by atoms with Gasteiger partial charge in [-0.2, -0.15) is 0 Å². The maximum absolute atomic E-state index is 10.5. The van der Waals surface area contributed by atoms with E-state index in [1.807, 2.05) is 6.92 Å². The first-order valence-corrected chi connectivity index (χ1v) is 6.45. The maximum atomic E-state index is 10.5. The molecule has 2 heterocycles. The van der Waals surface area contributed by atoms with Crippen molar-refractivity contribution in [2.24, 2.45) is 0 Å². The lowest BCUT2D eigenvalue weighted by Gasteiger charge is -2.34. The van der Waals surface area contributed by atoms with Crippen LogP contribution in [-0.2, 0) is 4.74 Å². The zero-order valence-electron chi connectivity index (χ0n) is 10.2. The highest BCUT2D eigenvalue weighted by molar-refractivity contribution is 5.15. The van der Waals surface area contributed by atoms with Gasteiger partial charge in [0.2, 0.25) is 0 Å². The van der Waals surface area contributed by atoms with Crippen LogP contribution in [-0.4, -0.2) is 29.9 Å². The normalized spacial score (nSPS) is 30.1. The molecular weight excluding hydrogens is 202 g/mol. The molecule has 92 valence electrons. The Hall–Kier alpha value is -0.540. The van der Waals surface area contributed by atoms with Gasteiger partial charge < -0.3 is 15.2 Å². The SMILES string of the molecule is CC(O)(CC1CCCCN1)C1=COCCC1. The third-order valence-electron chi connectivity index (χ3n) is 3.68. The van der Waals surface area contributed by atoms with Crippen molar-refractivity contribution in [1.29, 1.82) is 0 Å². The average molecular weight is 225 g/mol. The molecule has 3 heteroatoms. The molecule has 2 aliphatic heterocycles. The molecule has 0 aromatic heterocycles. The molecule has 2 unspecified atom stereocenters. The minimum atomic E-state index is -0.699. The monoisotopic (exact) mass is 225 g/mol. The van der Waals surface area contributed by atoms with Crippen LogP contribution in [0.4, 0.5) is 0 Å². The number of aliphatic hydroxyl groups is 1. The second-order valence-corrected chi connectivity index (χ2v) is 5.24. The van der Waals surface area contributed by atoms with Crippen LogP contribution in [0.3, 0.4) is 0 Å². The van der Waals surface area contributed by atoms with E-state index in [4.69, 9.17) is 4.74 Å². The van der Waals surface area contributed by atoms with Gasteiger partial charge in [-0.3, -0.25) is 0 Å². The number of nitrogens with one attached hydrogen (secondary N) is 1. The largest absolute Gasteiger partial charge is 0.501 e. The summed E-state index contributed by atoms with van der Waals surface area (Å²) in [6.45, 7) is 3.81. The quantitative estimate of drug-likeness (QED) is 0.771. The summed E-state index contributed by atoms with van der Waals surface area (Å²) in [5.41, 5.74) is 0.362. The molecule has 2 aliphatic rings. The minimum absolute atomic E-state index is 0.464. The van der Waals surface area contributed by atoms with Crippen molar-refractivity contribution < 1.29 is 9.84 Å². The third-order valence-corrected chi connectivity index (χ3v) is 3.68. The molecule has 1 saturated heterocycles. The van der Waals surface area contributed by atoms with E-state index in [2.05, 4.69) is 5.32 Å². The lowest BCUT2D eigenvalue weighted by Crippen LogP contribution is -2.42. The van der Waals surface area contributed by atoms with Gasteiger partial charge in [0.1, 0.15) is 0 Å². The van der Waals surface area contributed by atoms with E-state index < -0.39 is 5.60 Å². The molecule has 2 rings (SSSR count). The van der Waals surface area contributed by atoms with Crippen molar-refractivity contribution in [1.82, 2.24) is 5.32 Å². The zero-order chi connectivity index (χ0) is 11.4. The first-order chi connectivity index (χ1) is 7.68. The van der Waals surface area contributed by atoms with Gasteiger partial charge >= 0.3 is 0 Å². The summed E-state index contributed by atoms with van der Waals surface area (Å²) in [5, 5.41) is 14.0. The molecular formula is C13H23NO2. The zero-order valence-corrected chi connectivity index (χ0v) is 10.2. The Morgan fingerprint density at radius 3 is 3.00 bits per heavy atom. The summed E-state index contributed by atoms with van der Waals surface area (Å²) in [6, 6.07) is 0.464. The summed E-state index contributed by atoms with van der Waals surface area (Å²) >= 11 is 0. The Balaban J connectivity index is 1.92. The highest BCUT2D eigenvalue weighted by Crippen LogP contribution is 2.30. The fraction of sp³-hybridized carbons (Fsp3) is 0.846. The van der Waals surface area contributed by atoms with Gasteiger partial charge in [0.25, 0.3) is 0 Å². The smallest absolute Gasteiger partial charge is 0.0876 e. The van der Waals surface area contributed by atoms with Crippen molar-refractivity contribution in [2.75, 3.05) is 13.2 Å². The number of rotatable bonds is 3. The first kappa shape index (κ1) is 11.9. The van der Waals surface area contributed by atoms with Crippen molar-refractivity contribution in [2.45, 2.75) is 57.1 Å². The van der Waals surface area contributed by atoms with Gasteiger partial charge in [0, 0.05) is 6.04 Å². The fourth-order valence-corrected chi connectivity index (χ4v) is 2.67. The molecule has 1 fully saturated rings. The molecule has 2 atom stereocenters. The van der Waals surface area contributed by atoms with E-state index in [1.165, 1.54) is 19.3 Å². The Labute approximate surface area is 97.9 Å². The van der Waals surface area contributed by atoms with E-state index in [1.54, 1.807) is 6.26 Å². The lowest BCUT2D eigenvalue weighted by atomic mass is 9.84. The van der Waals surface area contributed by atoms with E-state index in [9.17, 15) is 5.11 Å². The Kier molecular flexibility index (Phi) is 3.87. The van der Waals surface area contributed by atoms with Crippen LogP contribution in [0.5, 0.6) is 0 Å². The highest BCUT2D eigenvalue weighted by atomic mass is 16.5. The van der Waals surface area contributed by atoms with Gasteiger partial charge in [-0.15, -0.1) is 0 Å². The molecule has 0 aliphatic carbocycles. The van der Waals surface area contributed by atoms with E-state index >= 15 is 0 Å². The summed E-state index contributed by atoms with van der Waals surface area (Å²) in [4.78, 5) is 0. The molecule has 2 N–H and O–H groups in total. The lowest BCUT2D eigenvalue weighted by molar-refractivity contribution is 0.0579. The van der Waals surface area contributed by atoms with E-state index in [-0.39, 0.29) is 0 Å². The third kappa shape index (κ3) is 2.98. The topological polar surface area (TPSA) is 41.5 Å². The van der Waals surface area contributed by atoms with Crippen LogP contribution in [0.25, 0.3) is 0 Å². The Bertz CT molecular complexity index is 255. The fourth-order valence-electron chi connectivity index (χ4n) is 2.67. The highest BCUT2D eigenvalue weighted by Gasteiger charge is 2.31. The number of hydrogen-bond donors (Lipinski definition) is 2.